The van der Waals surface area contributed by atoms with Crippen molar-refractivity contribution < 1.29 is 18.0 Å². The standard InChI is InChI=1S/C11H7BrF2N2O2/c12-9-3-4-10(18-9)16-11(17)15-8-2-1-6(13)5-7(8)14/h1-5H,(H2,15,16,17). The molecule has 4 nitrogen and oxygen atoms in total. The lowest BCUT2D eigenvalue weighted by atomic mass is 10.3. The molecule has 0 bridgehead atoms. The monoisotopic (exact) mass is 316 g/mol. The third-order valence-electron chi connectivity index (χ3n) is 1.99. The molecule has 1 aromatic heterocycles. The van der Waals surface area contributed by atoms with Gasteiger partial charge in [0, 0.05) is 12.1 Å². The number of hydrogen-bond donors (Lipinski definition) is 2. The van der Waals surface area contributed by atoms with Gasteiger partial charge < -0.3 is 9.73 Å². The first kappa shape index (κ1) is 12.6. The van der Waals surface area contributed by atoms with Crippen LogP contribution in [0.5, 0.6) is 0 Å². The summed E-state index contributed by atoms with van der Waals surface area (Å²) in [7, 11) is 0. The number of benzene rings is 1. The second kappa shape index (κ2) is 5.18. The molecule has 18 heavy (non-hydrogen) atoms. The Morgan fingerprint density at radius 2 is 1.94 bits per heavy atom. The van der Waals surface area contributed by atoms with E-state index in [4.69, 9.17) is 4.42 Å². The van der Waals surface area contributed by atoms with Crippen LogP contribution in [0.4, 0.5) is 25.1 Å². The van der Waals surface area contributed by atoms with Crippen molar-refractivity contribution in [1.29, 1.82) is 0 Å². The number of carbonyl (C=O) groups excluding carboxylic acids is 1. The Hall–Kier alpha value is -1.89. The van der Waals surface area contributed by atoms with Crippen molar-refractivity contribution in [3.8, 4) is 0 Å². The SMILES string of the molecule is O=C(Nc1ccc(Br)o1)Nc1ccc(F)cc1F. The first-order chi connectivity index (χ1) is 8.54. The van der Waals surface area contributed by atoms with Gasteiger partial charge in [0.1, 0.15) is 11.6 Å². The molecule has 0 atom stereocenters. The molecule has 2 N–H and O–H groups in total. The van der Waals surface area contributed by atoms with E-state index < -0.39 is 17.7 Å². The molecule has 0 fully saturated rings. The highest BCUT2D eigenvalue weighted by molar-refractivity contribution is 9.10. The lowest BCUT2D eigenvalue weighted by Crippen LogP contribution is -2.19. The van der Waals surface area contributed by atoms with Crippen molar-refractivity contribution >= 4 is 33.5 Å². The van der Waals surface area contributed by atoms with Crippen LogP contribution in [-0.2, 0) is 0 Å². The minimum atomic E-state index is -0.856. The van der Waals surface area contributed by atoms with Crippen molar-refractivity contribution in [1.82, 2.24) is 0 Å². The molecule has 0 radical (unpaired) electrons. The quantitative estimate of drug-likeness (QED) is 0.881. The van der Waals surface area contributed by atoms with E-state index in [1.54, 1.807) is 6.07 Å². The number of hydrogen-bond acceptors (Lipinski definition) is 2. The van der Waals surface area contributed by atoms with Gasteiger partial charge in [-0.1, -0.05) is 0 Å². The molecule has 0 spiro atoms. The van der Waals surface area contributed by atoms with Crippen LogP contribution in [0.1, 0.15) is 0 Å². The highest BCUT2D eigenvalue weighted by Gasteiger charge is 2.09. The minimum Gasteiger partial charge on any atom is -0.434 e. The van der Waals surface area contributed by atoms with E-state index in [-0.39, 0.29) is 11.6 Å². The molecule has 2 amide bonds. The van der Waals surface area contributed by atoms with Crippen LogP contribution in [-0.4, -0.2) is 6.03 Å². The fourth-order valence-corrected chi connectivity index (χ4v) is 1.54. The van der Waals surface area contributed by atoms with Gasteiger partial charge in [-0.2, -0.15) is 0 Å². The maximum absolute atomic E-state index is 13.2. The second-order valence-corrected chi connectivity index (χ2v) is 4.09. The molecule has 0 saturated carbocycles. The predicted octanol–water partition coefficient (Wildman–Crippen LogP) is 3.96. The predicted molar refractivity (Wildman–Crippen MR) is 65.4 cm³/mol. The Labute approximate surface area is 109 Å². The molecule has 0 aliphatic heterocycles. The van der Waals surface area contributed by atoms with Crippen molar-refractivity contribution in [2.24, 2.45) is 0 Å². The maximum atomic E-state index is 13.2. The van der Waals surface area contributed by atoms with E-state index in [1.807, 2.05) is 0 Å². The van der Waals surface area contributed by atoms with E-state index in [1.165, 1.54) is 6.07 Å². The van der Waals surface area contributed by atoms with Crippen molar-refractivity contribution in [3.63, 3.8) is 0 Å². The molecule has 7 heteroatoms. The average molecular weight is 317 g/mol. The zero-order chi connectivity index (χ0) is 13.1. The minimum absolute atomic E-state index is 0.125. The van der Waals surface area contributed by atoms with Crippen molar-refractivity contribution in [2.75, 3.05) is 10.6 Å². The molecule has 0 unspecified atom stereocenters. The first-order valence-electron chi connectivity index (χ1n) is 4.83. The van der Waals surface area contributed by atoms with Crippen LogP contribution < -0.4 is 10.6 Å². The van der Waals surface area contributed by atoms with Crippen LogP contribution in [0.15, 0.2) is 39.4 Å². The summed E-state index contributed by atoms with van der Waals surface area (Å²) < 4.78 is 31.4. The van der Waals surface area contributed by atoms with Gasteiger partial charge in [-0.3, -0.25) is 5.32 Å². The number of furan rings is 1. The van der Waals surface area contributed by atoms with E-state index in [0.29, 0.717) is 10.7 Å². The normalized spacial score (nSPS) is 10.2. The molecular weight excluding hydrogens is 310 g/mol. The number of halogens is 3. The molecule has 0 aliphatic rings. The van der Waals surface area contributed by atoms with Gasteiger partial charge in [0.05, 0.1) is 5.69 Å². The maximum Gasteiger partial charge on any atom is 0.326 e. The fraction of sp³-hybridized carbons (Fsp3) is 0. The lowest BCUT2D eigenvalue weighted by molar-refractivity contribution is 0.261. The first-order valence-corrected chi connectivity index (χ1v) is 5.62. The molecule has 2 rings (SSSR count). The second-order valence-electron chi connectivity index (χ2n) is 3.31. The van der Waals surface area contributed by atoms with Crippen molar-refractivity contribution in [2.45, 2.75) is 0 Å². The van der Waals surface area contributed by atoms with E-state index in [0.717, 1.165) is 12.1 Å². The highest BCUT2D eigenvalue weighted by Crippen LogP contribution is 2.19. The molecule has 0 aliphatic carbocycles. The Morgan fingerprint density at radius 3 is 2.56 bits per heavy atom. The zero-order valence-electron chi connectivity index (χ0n) is 8.84. The van der Waals surface area contributed by atoms with Crippen LogP contribution >= 0.6 is 15.9 Å². The largest absolute Gasteiger partial charge is 0.434 e. The van der Waals surface area contributed by atoms with Crippen LogP contribution in [0, 0.1) is 11.6 Å². The van der Waals surface area contributed by atoms with Gasteiger partial charge in [0.15, 0.2) is 4.67 Å². The van der Waals surface area contributed by atoms with Gasteiger partial charge in [-0.15, -0.1) is 0 Å². The molecule has 1 heterocycles. The van der Waals surface area contributed by atoms with Crippen LogP contribution in [0.3, 0.4) is 0 Å². The Kier molecular flexibility index (Phi) is 3.61. The summed E-state index contributed by atoms with van der Waals surface area (Å²) in [5, 5.41) is 4.57. The highest BCUT2D eigenvalue weighted by atomic mass is 79.9. The van der Waals surface area contributed by atoms with E-state index in [9.17, 15) is 13.6 Å². The fourth-order valence-electron chi connectivity index (χ4n) is 1.24. The lowest BCUT2D eigenvalue weighted by Gasteiger charge is -2.06. The summed E-state index contributed by atoms with van der Waals surface area (Å²) in [6, 6.07) is 5.27. The summed E-state index contributed by atoms with van der Waals surface area (Å²) in [5.41, 5.74) is -0.125. The zero-order valence-corrected chi connectivity index (χ0v) is 10.4. The smallest absolute Gasteiger partial charge is 0.326 e. The number of rotatable bonds is 2. The molecule has 2 aromatic rings. The van der Waals surface area contributed by atoms with Gasteiger partial charge >= 0.3 is 6.03 Å². The van der Waals surface area contributed by atoms with Crippen LogP contribution in [0.25, 0.3) is 0 Å². The summed E-state index contributed by atoms with van der Waals surface area (Å²) in [6.07, 6.45) is 0. The number of anilines is 2. The van der Waals surface area contributed by atoms with Gasteiger partial charge in [-0.25, -0.2) is 13.6 Å². The number of carbonyl (C=O) groups is 1. The third-order valence-corrected chi connectivity index (χ3v) is 2.42. The summed E-state index contributed by atoms with van der Waals surface area (Å²) in [5.74, 6) is -1.37. The number of nitrogens with one attached hydrogen (secondary N) is 2. The summed E-state index contributed by atoms with van der Waals surface area (Å²) in [4.78, 5) is 11.5. The van der Waals surface area contributed by atoms with Gasteiger partial charge in [0.25, 0.3) is 0 Å². The van der Waals surface area contributed by atoms with Gasteiger partial charge in [0.2, 0.25) is 5.88 Å². The molecular formula is C11H7BrF2N2O2. The Balaban J connectivity index is 2.03. The van der Waals surface area contributed by atoms with Gasteiger partial charge in [-0.05, 0) is 34.1 Å². The number of amides is 2. The summed E-state index contributed by atoms with van der Waals surface area (Å²) in [6.45, 7) is 0. The van der Waals surface area contributed by atoms with E-state index >= 15 is 0 Å². The Bertz CT molecular complexity index is 586. The van der Waals surface area contributed by atoms with Crippen molar-refractivity contribution in [3.05, 3.63) is 46.6 Å². The number of urea groups is 1. The Morgan fingerprint density at radius 1 is 1.17 bits per heavy atom. The van der Waals surface area contributed by atoms with E-state index in [2.05, 4.69) is 26.6 Å². The average Bonchev–Trinajstić information content (AvgIpc) is 2.68. The molecule has 94 valence electrons. The molecule has 1 aromatic carbocycles. The third kappa shape index (κ3) is 3.07. The molecule has 0 saturated heterocycles. The topological polar surface area (TPSA) is 54.3 Å². The summed E-state index contributed by atoms with van der Waals surface area (Å²) >= 11 is 3.07. The van der Waals surface area contributed by atoms with Crippen LogP contribution in [0.2, 0.25) is 0 Å².